The van der Waals surface area contributed by atoms with Crippen LogP contribution in [0.15, 0.2) is 0 Å². The lowest BCUT2D eigenvalue weighted by Crippen LogP contribution is -2.47. The van der Waals surface area contributed by atoms with E-state index in [0.29, 0.717) is 6.61 Å². The molecule has 0 N–H and O–H groups in total. The van der Waals surface area contributed by atoms with Gasteiger partial charge in [-0.25, -0.2) is 0 Å². The second-order valence-corrected chi connectivity index (χ2v) is 5.53. The van der Waals surface area contributed by atoms with Gasteiger partial charge in [0.15, 0.2) is 0 Å². The lowest BCUT2D eigenvalue weighted by atomic mass is 10.0. The summed E-state index contributed by atoms with van der Waals surface area (Å²) in [6, 6.07) is -0.0719. The van der Waals surface area contributed by atoms with Crippen LogP contribution in [0, 0.1) is 0 Å². The lowest BCUT2D eigenvalue weighted by molar-refractivity contribution is -0.148. The van der Waals surface area contributed by atoms with Crippen LogP contribution in [0.4, 0.5) is 0 Å². The van der Waals surface area contributed by atoms with E-state index < -0.39 is 0 Å². The smallest absolute Gasteiger partial charge is 0.323 e. The van der Waals surface area contributed by atoms with Crippen LogP contribution in [-0.2, 0) is 14.3 Å². The normalized spacial score (nSPS) is 22.5. The van der Waals surface area contributed by atoms with Crippen molar-refractivity contribution in [2.24, 2.45) is 0 Å². The van der Waals surface area contributed by atoms with E-state index in [-0.39, 0.29) is 17.6 Å². The van der Waals surface area contributed by atoms with Gasteiger partial charge in [0, 0.05) is 6.54 Å². The monoisotopic (exact) mass is 243 g/mol. The average molecular weight is 243 g/mol. The number of methoxy groups -OCH3 is 1. The Kier molecular flexibility index (Phi) is 5.40. The first-order valence-corrected chi connectivity index (χ1v) is 6.40. The number of carbonyl (C=O) groups is 1. The first kappa shape index (κ1) is 14.5. The first-order chi connectivity index (χ1) is 7.94. The lowest BCUT2D eigenvalue weighted by Gasteiger charge is -2.34. The average Bonchev–Trinajstić information content (AvgIpc) is 2.27. The Bertz CT molecular complexity index is 248. The van der Waals surface area contributed by atoms with Crippen molar-refractivity contribution < 1.29 is 14.3 Å². The van der Waals surface area contributed by atoms with Crippen molar-refractivity contribution in [1.82, 2.24) is 4.90 Å². The fourth-order valence-corrected chi connectivity index (χ4v) is 2.13. The molecule has 0 saturated carbocycles. The van der Waals surface area contributed by atoms with Crippen LogP contribution < -0.4 is 0 Å². The molecule has 1 rings (SSSR count). The van der Waals surface area contributed by atoms with Gasteiger partial charge in [0.1, 0.15) is 6.04 Å². The van der Waals surface area contributed by atoms with Crippen LogP contribution in [0.5, 0.6) is 0 Å². The van der Waals surface area contributed by atoms with E-state index >= 15 is 0 Å². The maximum Gasteiger partial charge on any atom is 0.323 e. The Morgan fingerprint density at radius 1 is 1.35 bits per heavy atom. The zero-order valence-electron chi connectivity index (χ0n) is 11.5. The summed E-state index contributed by atoms with van der Waals surface area (Å²) in [4.78, 5) is 13.8. The highest BCUT2D eigenvalue weighted by molar-refractivity contribution is 5.75. The molecule has 1 heterocycles. The summed E-state index contributed by atoms with van der Waals surface area (Å²) in [5, 5.41) is 0. The van der Waals surface area contributed by atoms with Gasteiger partial charge in [0.2, 0.25) is 0 Å². The fourth-order valence-electron chi connectivity index (χ4n) is 2.13. The van der Waals surface area contributed by atoms with Crippen molar-refractivity contribution in [2.75, 3.05) is 26.8 Å². The Labute approximate surface area is 104 Å². The van der Waals surface area contributed by atoms with E-state index in [0.717, 1.165) is 32.4 Å². The summed E-state index contributed by atoms with van der Waals surface area (Å²) in [7, 11) is 1.46. The molecule has 0 bridgehead atoms. The van der Waals surface area contributed by atoms with Crippen molar-refractivity contribution in [3.63, 3.8) is 0 Å². The van der Waals surface area contributed by atoms with E-state index in [1.807, 2.05) is 20.8 Å². The van der Waals surface area contributed by atoms with Crippen LogP contribution in [0.25, 0.3) is 0 Å². The number of likely N-dealkylation sites (tertiary alicyclic amines) is 1. The molecule has 0 aromatic carbocycles. The SMILES string of the molecule is COC(=O)[C@H]1CCCCN1CCOC(C)(C)C. The molecule has 0 radical (unpaired) electrons. The number of hydrogen-bond donors (Lipinski definition) is 0. The molecule has 0 aromatic heterocycles. The predicted molar refractivity (Wildman–Crippen MR) is 66.9 cm³/mol. The topological polar surface area (TPSA) is 38.8 Å². The second kappa shape index (κ2) is 6.36. The summed E-state index contributed by atoms with van der Waals surface area (Å²) in [5.41, 5.74) is -0.115. The van der Waals surface area contributed by atoms with Gasteiger partial charge in [-0.3, -0.25) is 9.69 Å². The summed E-state index contributed by atoms with van der Waals surface area (Å²) in [6.45, 7) is 8.56. The quantitative estimate of drug-likeness (QED) is 0.706. The van der Waals surface area contributed by atoms with Crippen LogP contribution in [0.2, 0.25) is 0 Å². The highest BCUT2D eigenvalue weighted by atomic mass is 16.5. The van der Waals surface area contributed by atoms with E-state index in [2.05, 4.69) is 4.90 Å². The van der Waals surface area contributed by atoms with E-state index in [1.54, 1.807) is 0 Å². The van der Waals surface area contributed by atoms with Gasteiger partial charge in [-0.1, -0.05) is 6.42 Å². The molecule has 0 aromatic rings. The van der Waals surface area contributed by atoms with Crippen molar-refractivity contribution in [3.8, 4) is 0 Å². The Hall–Kier alpha value is -0.610. The van der Waals surface area contributed by atoms with Gasteiger partial charge in [-0.05, 0) is 40.2 Å². The number of rotatable bonds is 4. The molecule has 1 fully saturated rings. The minimum Gasteiger partial charge on any atom is -0.468 e. The molecule has 4 heteroatoms. The maximum atomic E-state index is 11.6. The van der Waals surface area contributed by atoms with E-state index in [4.69, 9.17) is 9.47 Å². The molecule has 1 aliphatic heterocycles. The van der Waals surface area contributed by atoms with Gasteiger partial charge < -0.3 is 9.47 Å². The number of esters is 1. The molecule has 0 amide bonds. The van der Waals surface area contributed by atoms with Gasteiger partial charge in [0.05, 0.1) is 19.3 Å². The standard InChI is InChI=1S/C13H25NO3/c1-13(2,3)17-10-9-14-8-6-5-7-11(14)12(15)16-4/h11H,5-10H2,1-4H3/t11-/m1/s1. The Morgan fingerprint density at radius 2 is 2.06 bits per heavy atom. The summed E-state index contributed by atoms with van der Waals surface area (Å²) >= 11 is 0. The third-order valence-electron chi connectivity index (χ3n) is 3.00. The Balaban J connectivity index is 2.40. The van der Waals surface area contributed by atoms with E-state index in [1.165, 1.54) is 7.11 Å². The molecule has 0 unspecified atom stereocenters. The minimum atomic E-state index is -0.115. The van der Waals surface area contributed by atoms with Crippen LogP contribution in [0.1, 0.15) is 40.0 Å². The number of nitrogens with zero attached hydrogens (tertiary/aromatic N) is 1. The fraction of sp³-hybridized carbons (Fsp3) is 0.923. The number of carbonyl (C=O) groups excluding carboxylic acids is 1. The summed E-state index contributed by atoms with van der Waals surface area (Å²) < 4.78 is 10.5. The third kappa shape index (κ3) is 5.04. The zero-order chi connectivity index (χ0) is 12.9. The highest BCUT2D eigenvalue weighted by Gasteiger charge is 2.29. The van der Waals surface area contributed by atoms with Crippen LogP contribution in [-0.4, -0.2) is 49.3 Å². The number of piperidine rings is 1. The third-order valence-corrected chi connectivity index (χ3v) is 3.00. The first-order valence-electron chi connectivity index (χ1n) is 6.40. The minimum absolute atomic E-state index is 0.0719. The zero-order valence-corrected chi connectivity index (χ0v) is 11.5. The molecule has 4 nitrogen and oxygen atoms in total. The van der Waals surface area contributed by atoms with E-state index in [9.17, 15) is 4.79 Å². The second-order valence-electron chi connectivity index (χ2n) is 5.53. The highest BCUT2D eigenvalue weighted by Crippen LogP contribution is 2.18. The van der Waals surface area contributed by atoms with Crippen molar-refractivity contribution in [1.29, 1.82) is 0 Å². The molecule has 1 atom stereocenters. The van der Waals surface area contributed by atoms with Crippen molar-refractivity contribution in [3.05, 3.63) is 0 Å². The molecule has 0 spiro atoms. The molecular weight excluding hydrogens is 218 g/mol. The molecule has 1 saturated heterocycles. The Morgan fingerprint density at radius 3 is 2.65 bits per heavy atom. The maximum absolute atomic E-state index is 11.6. The number of ether oxygens (including phenoxy) is 2. The largest absolute Gasteiger partial charge is 0.468 e. The van der Waals surface area contributed by atoms with Gasteiger partial charge in [-0.2, -0.15) is 0 Å². The summed E-state index contributed by atoms with van der Waals surface area (Å²) in [6.07, 6.45) is 3.17. The molecule has 17 heavy (non-hydrogen) atoms. The van der Waals surface area contributed by atoms with Crippen LogP contribution >= 0.6 is 0 Å². The number of hydrogen-bond acceptors (Lipinski definition) is 4. The van der Waals surface area contributed by atoms with Crippen molar-refractivity contribution in [2.45, 2.75) is 51.7 Å². The summed E-state index contributed by atoms with van der Waals surface area (Å²) in [5.74, 6) is -0.111. The molecule has 1 aliphatic rings. The predicted octanol–water partition coefficient (Wildman–Crippen LogP) is 1.83. The van der Waals surface area contributed by atoms with Crippen LogP contribution in [0.3, 0.4) is 0 Å². The van der Waals surface area contributed by atoms with Gasteiger partial charge in [0.25, 0.3) is 0 Å². The molecular formula is C13H25NO3. The van der Waals surface area contributed by atoms with Gasteiger partial charge >= 0.3 is 5.97 Å². The van der Waals surface area contributed by atoms with Gasteiger partial charge in [-0.15, -0.1) is 0 Å². The molecule has 100 valence electrons. The molecule has 0 aliphatic carbocycles. The van der Waals surface area contributed by atoms with Crippen molar-refractivity contribution >= 4 is 5.97 Å².